The van der Waals surface area contributed by atoms with Gasteiger partial charge in [-0.3, -0.25) is 4.79 Å². The van der Waals surface area contributed by atoms with Crippen LogP contribution in [0.15, 0.2) is 70.4 Å². The van der Waals surface area contributed by atoms with Crippen LogP contribution in [0, 0.1) is 0 Å². The Morgan fingerprint density at radius 3 is 2.70 bits per heavy atom. The second-order valence-corrected chi connectivity index (χ2v) is 7.29. The first kappa shape index (κ1) is 17.2. The van der Waals surface area contributed by atoms with Crippen LogP contribution in [0.3, 0.4) is 0 Å². The molecule has 4 nitrogen and oxygen atoms in total. The maximum Gasteiger partial charge on any atom is 0.396 e. The summed E-state index contributed by atoms with van der Waals surface area (Å²) in [6.45, 7) is 5.99. The summed E-state index contributed by atoms with van der Waals surface area (Å²) >= 11 is 1.02. The van der Waals surface area contributed by atoms with Crippen LogP contribution < -0.4 is 9.68 Å². The summed E-state index contributed by atoms with van der Waals surface area (Å²) in [5, 5.41) is 2.08. The summed E-state index contributed by atoms with van der Waals surface area (Å²) in [7, 11) is 0. The van der Waals surface area contributed by atoms with E-state index in [2.05, 4.69) is 6.58 Å². The fourth-order valence-corrected chi connectivity index (χ4v) is 3.79. The van der Waals surface area contributed by atoms with Crippen LogP contribution in [0.25, 0.3) is 26.6 Å². The van der Waals surface area contributed by atoms with Crippen LogP contribution in [0.4, 0.5) is 0 Å². The predicted molar refractivity (Wildman–Crippen MR) is 108 cm³/mol. The number of rotatable bonds is 4. The largest absolute Gasteiger partial charge is 0.426 e. The lowest BCUT2D eigenvalue weighted by Crippen LogP contribution is -2.11. The fraction of sp³-hybridized carbons (Fsp3) is 0.0909. The Balaban J connectivity index is 1.61. The smallest absolute Gasteiger partial charge is 0.396 e. The van der Waals surface area contributed by atoms with E-state index in [4.69, 9.17) is 9.15 Å². The minimum Gasteiger partial charge on any atom is -0.426 e. The summed E-state index contributed by atoms with van der Waals surface area (Å²) in [5.74, 6) is -0.0166. The molecule has 0 N–H and O–H groups in total. The third-order valence-corrected chi connectivity index (χ3v) is 5.15. The zero-order chi connectivity index (χ0) is 19.0. The SMILES string of the molecule is C=C(C)c1cccc2c(CC(=O)Oc3ccc4sc(=O)oc4c3)cccc12. The molecule has 0 spiro atoms. The lowest BCUT2D eigenvalue weighted by Gasteiger charge is -2.10. The normalized spacial score (nSPS) is 11.0. The van der Waals surface area contributed by atoms with E-state index < -0.39 is 0 Å². The second-order valence-electron chi connectivity index (χ2n) is 6.31. The monoisotopic (exact) mass is 376 g/mol. The summed E-state index contributed by atoms with van der Waals surface area (Å²) in [6.07, 6.45) is 0.141. The van der Waals surface area contributed by atoms with Crippen molar-refractivity contribution in [3.63, 3.8) is 0 Å². The van der Waals surface area contributed by atoms with E-state index in [1.807, 2.05) is 43.3 Å². The number of allylic oxidation sites excluding steroid dienone is 1. The van der Waals surface area contributed by atoms with E-state index in [0.29, 0.717) is 11.3 Å². The topological polar surface area (TPSA) is 56.5 Å². The number of esters is 1. The molecular formula is C22H16O4S. The van der Waals surface area contributed by atoms with Gasteiger partial charge in [-0.2, -0.15) is 0 Å². The summed E-state index contributed by atoms with van der Waals surface area (Å²) in [6, 6.07) is 16.8. The highest BCUT2D eigenvalue weighted by atomic mass is 32.1. The van der Waals surface area contributed by atoms with Gasteiger partial charge in [-0.15, -0.1) is 0 Å². The van der Waals surface area contributed by atoms with E-state index in [1.165, 1.54) is 0 Å². The maximum absolute atomic E-state index is 12.5. The minimum atomic E-state index is -0.377. The third kappa shape index (κ3) is 3.41. The number of fused-ring (bicyclic) bond motifs is 2. The molecule has 4 aromatic rings. The average Bonchev–Trinajstić information content (AvgIpc) is 3.00. The number of carbonyl (C=O) groups is 1. The van der Waals surface area contributed by atoms with Crippen LogP contribution in [-0.4, -0.2) is 5.97 Å². The molecule has 0 unspecified atom stereocenters. The van der Waals surface area contributed by atoms with Crippen molar-refractivity contribution in [2.45, 2.75) is 13.3 Å². The molecule has 5 heteroatoms. The highest BCUT2D eigenvalue weighted by molar-refractivity contribution is 7.16. The fourth-order valence-electron chi connectivity index (χ4n) is 3.14. The van der Waals surface area contributed by atoms with E-state index in [0.717, 1.165) is 43.5 Å². The molecule has 0 atom stereocenters. The standard InChI is InChI=1S/C22H16O4S/c1-13(2)16-6-4-7-17-14(5-3-8-18(16)17)11-21(23)25-15-9-10-20-19(12-15)26-22(24)27-20/h3-10,12H,1,11H2,2H3. The van der Waals surface area contributed by atoms with Gasteiger partial charge in [0.1, 0.15) is 5.75 Å². The molecule has 134 valence electrons. The molecule has 4 rings (SSSR count). The lowest BCUT2D eigenvalue weighted by molar-refractivity contribution is -0.133. The van der Waals surface area contributed by atoms with Crippen LogP contribution in [-0.2, 0) is 11.2 Å². The van der Waals surface area contributed by atoms with Gasteiger partial charge in [0, 0.05) is 6.07 Å². The Hall–Kier alpha value is -3.18. The van der Waals surface area contributed by atoms with Crippen molar-refractivity contribution >= 4 is 43.9 Å². The summed E-state index contributed by atoms with van der Waals surface area (Å²) in [4.78, 5) is 23.4. The van der Waals surface area contributed by atoms with Gasteiger partial charge >= 0.3 is 10.9 Å². The molecule has 0 radical (unpaired) electrons. The minimum absolute atomic E-state index is 0.141. The van der Waals surface area contributed by atoms with Gasteiger partial charge in [-0.1, -0.05) is 59.9 Å². The van der Waals surface area contributed by atoms with Crippen molar-refractivity contribution in [2.75, 3.05) is 0 Å². The number of carbonyl (C=O) groups excluding carboxylic acids is 1. The molecule has 0 aliphatic carbocycles. The van der Waals surface area contributed by atoms with Crippen LogP contribution in [0.5, 0.6) is 5.75 Å². The van der Waals surface area contributed by atoms with Crippen molar-refractivity contribution in [1.82, 2.24) is 0 Å². The lowest BCUT2D eigenvalue weighted by atomic mass is 9.96. The van der Waals surface area contributed by atoms with Crippen molar-refractivity contribution in [3.05, 3.63) is 82.0 Å². The molecular weight excluding hydrogens is 360 g/mol. The van der Waals surface area contributed by atoms with Crippen LogP contribution in [0.1, 0.15) is 18.1 Å². The first-order valence-corrected chi connectivity index (χ1v) is 9.24. The van der Waals surface area contributed by atoms with Crippen molar-refractivity contribution in [2.24, 2.45) is 0 Å². The van der Waals surface area contributed by atoms with E-state index in [-0.39, 0.29) is 17.3 Å². The molecule has 0 bridgehead atoms. The molecule has 0 aliphatic heterocycles. The number of hydrogen-bond donors (Lipinski definition) is 0. The van der Waals surface area contributed by atoms with Gasteiger partial charge in [0.05, 0.1) is 11.1 Å². The molecule has 0 fully saturated rings. The highest BCUT2D eigenvalue weighted by Crippen LogP contribution is 2.27. The van der Waals surface area contributed by atoms with E-state index in [9.17, 15) is 9.59 Å². The number of benzene rings is 3. The average molecular weight is 376 g/mol. The Labute approximate surface area is 159 Å². The van der Waals surface area contributed by atoms with Crippen LogP contribution >= 0.6 is 11.3 Å². The summed E-state index contributed by atoms with van der Waals surface area (Å²) < 4.78 is 11.2. The van der Waals surface area contributed by atoms with Gasteiger partial charge in [0.2, 0.25) is 0 Å². The van der Waals surface area contributed by atoms with Gasteiger partial charge in [-0.25, -0.2) is 4.79 Å². The molecule has 1 aromatic heterocycles. The molecule has 0 saturated carbocycles. The van der Waals surface area contributed by atoms with Crippen molar-refractivity contribution in [1.29, 1.82) is 0 Å². The number of ether oxygens (including phenoxy) is 1. The zero-order valence-corrected chi connectivity index (χ0v) is 15.5. The first-order valence-electron chi connectivity index (χ1n) is 8.42. The Kier molecular flexibility index (Phi) is 4.38. The van der Waals surface area contributed by atoms with Gasteiger partial charge in [-0.05, 0) is 41.0 Å². The first-order chi connectivity index (χ1) is 13.0. The summed E-state index contributed by atoms with van der Waals surface area (Å²) in [5.41, 5.74) is 3.36. The van der Waals surface area contributed by atoms with Gasteiger partial charge in [0.15, 0.2) is 5.58 Å². The second kappa shape index (κ2) is 6.85. The zero-order valence-electron chi connectivity index (χ0n) is 14.7. The third-order valence-electron chi connectivity index (χ3n) is 4.34. The molecule has 0 amide bonds. The molecule has 3 aromatic carbocycles. The van der Waals surface area contributed by atoms with Crippen LogP contribution in [0.2, 0.25) is 0 Å². The molecule has 27 heavy (non-hydrogen) atoms. The Bertz CT molecular complexity index is 1250. The number of hydrogen-bond acceptors (Lipinski definition) is 5. The Morgan fingerprint density at radius 1 is 1.11 bits per heavy atom. The van der Waals surface area contributed by atoms with Gasteiger partial charge in [0.25, 0.3) is 0 Å². The van der Waals surface area contributed by atoms with E-state index in [1.54, 1.807) is 18.2 Å². The molecule has 0 aliphatic rings. The van der Waals surface area contributed by atoms with Gasteiger partial charge < -0.3 is 9.15 Å². The van der Waals surface area contributed by atoms with Crippen molar-refractivity contribution < 1.29 is 13.9 Å². The predicted octanol–water partition coefficient (Wildman–Crippen LogP) is 5.19. The van der Waals surface area contributed by atoms with E-state index >= 15 is 0 Å². The highest BCUT2D eigenvalue weighted by Gasteiger charge is 2.12. The maximum atomic E-state index is 12.5. The molecule has 1 heterocycles. The quantitative estimate of drug-likeness (QED) is 0.363. The molecule has 0 saturated heterocycles. The van der Waals surface area contributed by atoms with Crippen molar-refractivity contribution in [3.8, 4) is 5.75 Å². The Morgan fingerprint density at radius 2 is 1.89 bits per heavy atom.